The predicted molar refractivity (Wildman–Crippen MR) is 73.0 cm³/mol. The minimum absolute atomic E-state index is 0.107. The molecule has 3 aromatic rings. The monoisotopic (exact) mass is 309 g/mol. The van der Waals surface area contributed by atoms with Gasteiger partial charge in [0.05, 0.1) is 16.9 Å². The zero-order valence-electron chi connectivity index (χ0n) is 10.5. The number of nitrogens with two attached hydrogens (primary N) is 1. The number of benzene rings is 1. The number of thiazole rings is 1. The van der Waals surface area contributed by atoms with Crippen LogP contribution in [0, 0.1) is 11.6 Å². The molecule has 0 saturated heterocycles. The SMILES string of the molecule is Nc1cc(C(=O)OCc2cn3ccsc3n2)c(F)cc1F. The Morgan fingerprint density at radius 1 is 1.38 bits per heavy atom. The number of hydrogen-bond donors (Lipinski definition) is 1. The lowest BCUT2D eigenvalue weighted by Gasteiger charge is -2.05. The quantitative estimate of drug-likeness (QED) is 0.596. The van der Waals surface area contributed by atoms with Crippen molar-refractivity contribution in [1.82, 2.24) is 9.38 Å². The molecule has 2 heterocycles. The summed E-state index contributed by atoms with van der Waals surface area (Å²) in [5.41, 5.74) is 5.12. The van der Waals surface area contributed by atoms with Crippen molar-refractivity contribution in [1.29, 1.82) is 0 Å². The number of aromatic nitrogens is 2. The molecule has 0 amide bonds. The zero-order valence-corrected chi connectivity index (χ0v) is 11.4. The highest BCUT2D eigenvalue weighted by atomic mass is 32.1. The van der Waals surface area contributed by atoms with Crippen molar-refractivity contribution in [2.45, 2.75) is 6.61 Å². The number of carbonyl (C=O) groups excluding carboxylic acids is 1. The van der Waals surface area contributed by atoms with Crippen molar-refractivity contribution in [3.8, 4) is 0 Å². The molecule has 0 spiro atoms. The molecule has 3 rings (SSSR count). The van der Waals surface area contributed by atoms with Crippen LogP contribution in [-0.4, -0.2) is 15.4 Å². The van der Waals surface area contributed by atoms with E-state index in [1.54, 1.807) is 10.6 Å². The average molecular weight is 309 g/mol. The molecule has 0 aliphatic carbocycles. The summed E-state index contributed by atoms with van der Waals surface area (Å²) < 4.78 is 33.3. The fraction of sp³-hybridized carbons (Fsp3) is 0.0769. The molecule has 0 aliphatic rings. The van der Waals surface area contributed by atoms with Crippen molar-refractivity contribution >= 4 is 28.0 Å². The number of nitrogens with zero attached hydrogens (tertiary/aromatic N) is 2. The number of esters is 1. The molecule has 0 aliphatic heterocycles. The molecule has 21 heavy (non-hydrogen) atoms. The maximum Gasteiger partial charge on any atom is 0.341 e. The van der Waals surface area contributed by atoms with Crippen LogP contribution in [0.1, 0.15) is 16.1 Å². The number of imidazole rings is 1. The Bertz CT molecular complexity index is 800. The van der Waals surface area contributed by atoms with E-state index in [1.165, 1.54) is 11.3 Å². The van der Waals surface area contributed by atoms with Crippen LogP contribution in [-0.2, 0) is 11.3 Å². The van der Waals surface area contributed by atoms with Crippen LogP contribution in [0.15, 0.2) is 29.9 Å². The second-order valence-corrected chi connectivity index (χ2v) is 5.13. The maximum absolute atomic E-state index is 13.5. The van der Waals surface area contributed by atoms with Crippen LogP contribution in [0.4, 0.5) is 14.5 Å². The summed E-state index contributed by atoms with van der Waals surface area (Å²) in [6, 6.07) is 1.47. The van der Waals surface area contributed by atoms with E-state index in [9.17, 15) is 13.6 Å². The molecular weight excluding hydrogens is 300 g/mol. The minimum Gasteiger partial charge on any atom is -0.455 e. The topological polar surface area (TPSA) is 69.6 Å². The lowest BCUT2D eigenvalue weighted by atomic mass is 10.2. The summed E-state index contributed by atoms with van der Waals surface area (Å²) in [6.07, 6.45) is 3.52. The van der Waals surface area contributed by atoms with Gasteiger partial charge in [0.15, 0.2) is 4.96 Å². The lowest BCUT2D eigenvalue weighted by molar-refractivity contribution is 0.0463. The summed E-state index contributed by atoms with van der Waals surface area (Å²) in [4.78, 5) is 16.8. The molecule has 108 valence electrons. The first kappa shape index (κ1) is 13.5. The van der Waals surface area contributed by atoms with Crippen LogP contribution in [0.3, 0.4) is 0 Å². The van der Waals surface area contributed by atoms with Gasteiger partial charge < -0.3 is 10.5 Å². The second-order valence-electron chi connectivity index (χ2n) is 4.25. The molecule has 0 atom stereocenters. The van der Waals surface area contributed by atoms with Gasteiger partial charge in [-0.3, -0.25) is 4.40 Å². The first-order valence-electron chi connectivity index (χ1n) is 5.87. The molecule has 0 saturated carbocycles. The van der Waals surface area contributed by atoms with Crippen LogP contribution in [0.25, 0.3) is 4.96 Å². The fourth-order valence-electron chi connectivity index (χ4n) is 1.79. The Labute approximate surface area is 121 Å². The predicted octanol–water partition coefficient (Wildman–Crippen LogP) is 2.61. The van der Waals surface area contributed by atoms with Gasteiger partial charge in [-0.25, -0.2) is 18.6 Å². The smallest absolute Gasteiger partial charge is 0.341 e. The van der Waals surface area contributed by atoms with Crippen molar-refractivity contribution < 1.29 is 18.3 Å². The van der Waals surface area contributed by atoms with Gasteiger partial charge in [0.25, 0.3) is 0 Å². The molecule has 1 aromatic carbocycles. The number of halogens is 2. The highest BCUT2D eigenvalue weighted by Crippen LogP contribution is 2.18. The summed E-state index contributed by atoms with van der Waals surface area (Å²) >= 11 is 1.44. The molecule has 8 heteroatoms. The number of nitrogen functional groups attached to an aromatic ring is 1. The van der Waals surface area contributed by atoms with E-state index in [1.807, 2.05) is 11.6 Å². The second kappa shape index (κ2) is 5.13. The Balaban J connectivity index is 1.74. The minimum atomic E-state index is -1.02. The molecule has 0 unspecified atom stereocenters. The van der Waals surface area contributed by atoms with Crippen LogP contribution >= 0.6 is 11.3 Å². The Morgan fingerprint density at radius 3 is 2.95 bits per heavy atom. The van der Waals surface area contributed by atoms with E-state index in [0.29, 0.717) is 11.8 Å². The molecule has 0 bridgehead atoms. The van der Waals surface area contributed by atoms with Gasteiger partial charge in [0.1, 0.15) is 18.2 Å². The summed E-state index contributed by atoms with van der Waals surface area (Å²) in [7, 11) is 0. The zero-order chi connectivity index (χ0) is 15.0. The number of ether oxygens (including phenoxy) is 1. The molecule has 5 nitrogen and oxygen atoms in total. The average Bonchev–Trinajstić information content (AvgIpc) is 3.01. The highest BCUT2D eigenvalue weighted by molar-refractivity contribution is 7.15. The molecular formula is C13H9F2N3O2S. The largest absolute Gasteiger partial charge is 0.455 e. The van der Waals surface area contributed by atoms with Crippen molar-refractivity contribution in [2.75, 3.05) is 5.73 Å². The van der Waals surface area contributed by atoms with Gasteiger partial charge >= 0.3 is 5.97 Å². The van der Waals surface area contributed by atoms with Crippen molar-refractivity contribution in [3.05, 3.63) is 52.8 Å². The van der Waals surface area contributed by atoms with E-state index in [0.717, 1.165) is 11.0 Å². The van der Waals surface area contributed by atoms with Crippen LogP contribution in [0.5, 0.6) is 0 Å². The van der Waals surface area contributed by atoms with E-state index in [4.69, 9.17) is 10.5 Å². The van der Waals surface area contributed by atoms with E-state index in [-0.39, 0.29) is 12.3 Å². The van der Waals surface area contributed by atoms with E-state index in [2.05, 4.69) is 4.98 Å². The van der Waals surface area contributed by atoms with Gasteiger partial charge in [-0.05, 0) is 6.07 Å². The van der Waals surface area contributed by atoms with Crippen molar-refractivity contribution in [2.24, 2.45) is 0 Å². The van der Waals surface area contributed by atoms with Gasteiger partial charge in [-0.2, -0.15) is 0 Å². The molecule has 0 radical (unpaired) electrons. The number of hydrogen-bond acceptors (Lipinski definition) is 5. The molecule has 2 aromatic heterocycles. The van der Waals surface area contributed by atoms with Crippen molar-refractivity contribution in [3.63, 3.8) is 0 Å². The van der Waals surface area contributed by atoms with E-state index < -0.39 is 23.2 Å². The summed E-state index contributed by atoms with van der Waals surface area (Å²) in [5.74, 6) is -2.86. The molecule has 2 N–H and O–H groups in total. The number of carbonyl (C=O) groups is 1. The highest BCUT2D eigenvalue weighted by Gasteiger charge is 2.17. The van der Waals surface area contributed by atoms with Gasteiger partial charge in [-0.1, -0.05) is 0 Å². The van der Waals surface area contributed by atoms with Crippen LogP contribution < -0.4 is 5.73 Å². The first-order chi connectivity index (χ1) is 10.0. The summed E-state index contributed by atoms with van der Waals surface area (Å²) in [5, 5.41) is 1.87. The first-order valence-corrected chi connectivity index (χ1v) is 6.75. The number of fused-ring (bicyclic) bond motifs is 1. The fourth-order valence-corrected chi connectivity index (χ4v) is 2.50. The third-order valence-corrected chi connectivity index (χ3v) is 3.57. The number of anilines is 1. The standard InChI is InChI=1S/C13H9F2N3O2S/c14-9-4-10(15)11(16)3-8(9)12(19)20-6-7-5-18-1-2-21-13(18)17-7/h1-5H,6,16H2. The molecule has 0 fully saturated rings. The van der Waals surface area contributed by atoms with E-state index >= 15 is 0 Å². The Hall–Kier alpha value is -2.48. The third kappa shape index (κ3) is 2.57. The Kier molecular flexibility index (Phi) is 3.30. The van der Waals surface area contributed by atoms with Gasteiger partial charge in [0.2, 0.25) is 0 Å². The van der Waals surface area contributed by atoms with Gasteiger partial charge in [-0.15, -0.1) is 11.3 Å². The Morgan fingerprint density at radius 2 is 2.19 bits per heavy atom. The maximum atomic E-state index is 13.5. The lowest BCUT2D eigenvalue weighted by Crippen LogP contribution is -2.09. The summed E-state index contributed by atoms with van der Waals surface area (Å²) in [6.45, 7) is -0.107. The number of rotatable bonds is 3. The third-order valence-electron chi connectivity index (χ3n) is 2.80. The van der Waals surface area contributed by atoms with Crippen LogP contribution in [0.2, 0.25) is 0 Å². The normalized spacial score (nSPS) is 11.0. The van der Waals surface area contributed by atoms with Gasteiger partial charge in [0, 0.05) is 23.8 Å².